The average Bonchev–Trinajstić information content (AvgIpc) is 2.39. The first-order valence-corrected chi connectivity index (χ1v) is 6.81. The predicted molar refractivity (Wildman–Crippen MR) is 73.6 cm³/mol. The summed E-state index contributed by atoms with van der Waals surface area (Å²) in [5.74, 6) is -0.538. The molecule has 0 rings (SSSR count). The summed E-state index contributed by atoms with van der Waals surface area (Å²) >= 11 is 0. The molecule has 0 saturated carbocycles. The number of amides is 1. The van der Waals surface area contributed by atoms with Gasteiger partial charge in [0.15, 0.2) is 5.84 Å². The fraction of sp³-hybridized carbons (Fsp3) is 0.846. The van der Waals surface area contributed by atoms with E-state index < -0.39 is 5.92 Å². The van der Waals surface area contributed by atoms with Gasteiger partial charge in [0.25, 0.3) is 0 Å². The maximum absolute atomic E-state index is 12.4. The van der Waals surface area contributed by atoms with Gasteiger partial charge in [-0.3, -0.25) is 4.79 Å². The molecule has 0 bridgehead atoms. The molecule has 2 unspecified atom stereocenters. The van der Waals surface area contributed by atoms with Gasteiger partial charge in [0, 0.05) is 12.6 Å². The molecule has 0 heterocycles. The number of nitrogens with zero attached hydrogens (tertiary/aromatic N) is 2. The molecule has 0 aliphatic carbocycles. The molecular formula is C13H27N3O2. The van der Waals surface area contributed by atoms with Crippen LogP contribution in [0.2, 0.25) is 0 Å². The van der Waals surface area contributed by atoms with Crippen LogP contribution in [0, 0.1) is 5.92 Å². The van der Waals surface area contributed by atoms with Gasteiger partial charge in [-0.1, -0.05) is 32.3 Å². The summed E-state index contributed by atoms with van der Waals surface area (Å²) in [6.45, 7) is 8.79. The first kappa shape index (κ1) is 16.7. The lowest BCUT2D eigenvalue weighted by molar-refractivity contribution is -0.135. The Hall–Kier alpha value is -1.26. The summed E-state index contributed by atoms with van der Waals surface area (Å²) in [4.78, 5) is 14.3. The number of carbonyl (C=O) groups excluding carboxylic acids is 1. The molecule has 5 heteroatoms. The number of nitrogens with two attached hydrogens (primary N) is 1. The maximum Gasteiger partial charge on any atom is 0.233 e. The summed E-state index contributed by atoms with van der Waals surface area (Å²) in [6.07, 6.45) is 3.47. The van der Waals surface area contributed by atoms with Crippen LogP contribution in [0.15, 0.2) is 5.16 Å². The summed E-state index contributed by atoms with van der Waals surface area (Å²) in [5, 5.41) is 11.7. The van der Waals surface area contributed by atoms with Crippen LogP contribution in [-0.2, 0) is 4.79 Å². The second-order valence-corrected chi connectivity index (χ2v) is 4.63. The van der Waals surface area contributed by atoms with Gasteiger partial charge in [-0.05, 0) is 26.2 Å². The number of hydrogen-bond acceptors (Lipinski definition) is 3. The van der Waals surface area contributed by atoms with Crippen molar-refractivity contribution in [2.75, 3.05) is 6.54 Å². The Morgan fingerprint density at radius 1 is 1.33 bits per heavy atom. The third-order valence-corrected chi connectivity index (χ3v) is 3.34. The van der Waals surface area contributed by atoms with E-state index in [4.69, 9.17) is 10.9 Å². The molecule has 0 aromatic carbocycles. The van der Waals surface area contributed by atoms with Gasteiger partial charge in [-0.2, -0.15) is 0 Å². The second kappa shape index (κ2) is 8.78. The Morgan fingerprint density at radius 3 is 2.33 bits per heavy atom. The number of hydrogen-bond donors (Lipinski definition) is 2. The number of oxime groups is 1. The second-order valence-electron chi connectivity index (χ2n) is 4.63. The summed E-state index contributed by atoms with van der Waals surface area (Å²) < 4.78 is 0. The monoisotopic (exact) mass is 257 g/mol. The molecule has 3 N–H and O–H groups in total. The standard InChI is InChI=1S/C13H27N3O2/c1-5-8-9-16(10(4)6-2)13(17)11(7-3)12(14)15-18/h10-11,18H,5-9H2,1-4H3,(H2,14,15). The van der Waals surface area contributed by atoms with Gasteiger partial charge in [-0.15, -0.1) is 0 Å². The molecule has 106 valence electrons. The van der Waals surface area contributed by atoms with Crippen LogP contribution in [0.25, 0.3) is 0 Å². The molecule has 0 spiro atoms. The van der Waals surface area contributed by atoms with E-state index in [2.05, 4.69) is 19.0 Å². The van der Waals surface area contributed by atoms with Crippen molar-refractivity contribution in [1.29, 1.82) is 0 Å². The fourth-order valence-corrected chi connectivity index (χ4v) is 1.88. The Labute approximate surface area is 110 Å². The predicted octanol–water partition coefficient (Wildman–Crippen LogP) is 2.19. The molecule has 5 nitrogen and oxygen atoms in total. The molecule has 2 atom stereocenters. The highest BCUT2D eigenvalue weighted by Crippen LogP contribution is 2.14. The Kier molecular flexibility index (Phi) is 8.16. The molecule has 0 aliphatic heterocycles. The number of carbonyl (C=O) groups is 1. The number of rotatable bonds is 8. The first-order chi connectivity index (χ1) is 8.53. The van der Waals surface area contributed by atoms with Gasteiger partial charge in [0.2, 0.25) is 5.91 Å². The zero-order valence-electron chi connectivity index (χ0n) is 12.0. The topological polar surface area (TPSA) is 78.9 Å². The SMILES string of the molecule is CCCCN(C(=O)C(CC)C(N)=NO)C(C)CC. The van der Waals surface area contributed by atoms with E-state index in [1.807, 2.05) is 18.7 Å². The fourth-order valence-electron chi connectivity index (χ4n) is 1.88. The van der Waals surface area contributed by atoms with E-state index >= 15 is 0 Å². The Bertz CT molecular complexity index is 279. The zero-order chi connectivity index (χ0) is 14.1. The highest BCUT2D eigenvalue weighted by molar-refractivity contribution is 6.02. The number of amidine groups is 1. The third kappa shape index (κ3) is 4.55. The van der Waals surface area contributed by atoms with E-state index in [0.29, 0.717) is 6.42 Å². The van der Waals surface area contributed by atoms with Crippen LogP contribution in [0.1, 0.15) is 53.4 Å². The van der Waals surface area contributed by atoms with Gasteiger partial charge in [0.05, 0.1) is 5.92 Å². The third-order valence-electron chi connectivity index (χ3n) is 3.34. The minimum atomic E-state index is -0.513. The van der Waals surface area contributed by atoms with Crippen LogP contribution < -0.4 is 5.73 Å². The minimum Gasteiger partial charge on any atom is -0.409 e. The molecule has 18 heavy (non-hydrogen) atoms. The smallest absolute Gasteiger partial charge is 0.233 e. The van der Waals surface area contributed by atoms with Crippen molar-refractivity contribution in [1.82, 2.24) is 4.90 Å². The number of unbranched alkanes of at least 4 members (excludes halogenated alkanes) is 1. The van der Waals surface area contributed by atoms with Crippen molar-refractivity contribution in [2.45, 2.75) is 59.4 Å². The highest BCUT2D eigenvalue weighted by atomic mass is 16.4. The zero-order valence-corrected chi connectivity index (χ0v) is 12.0. The lowest BCUT2D eigenvalue weighted by Gasteiger charge is -2.31. The van der Waals surface area contributed by atoms with E-state index in [9.17, 15) is 4.79 Å². The van der Waals surface area contributed by atoms with Crippen LogP contribution in [0.3, 0.4) is 0 Å². The van der Waals surface area contributed by atoms with Crippen molar-refractivity contribution >= 4 is 11.7 Å². The molecule has 0 saturated heterocycles. The van der Waals surface area contributed by atoms with Crippen molar-refractivity contribution in [3.05, 3.63) is 0 Å². The van der Waals surface area contributed by atoms with Gasteiger partial charge >= 0.3 is 0 Å². The molecule has 1 amide bonds. The van der Waals surface area contributed by atoms with Crippen molar-refractivity contribution in [3.8, 4) is 0 Å². The van der Waals surface area contributed by atoms with E-state index in [0.717, 1.165) is 25.8 Å². The average molecular weight is 257 g/mol. The van der Waals surface area contributed by atoms with Gasteiger partial charge in [0.1, 0.15) is 0 Å². The van der Waals surface area contributed by atoms with Crippen molar-refractivity contribution in [3.63, 3.8) is 0 Å². The minimum absolute atomic E-state index is 0.00676. The van der Waals surface area contributed by atoms with Gasteiger partial charge < -0.3 is 15.8 Å². The van der Waals surface area contributed by atoms with E-state index in [1.54, 1.807) is 0 Å². The lowest BCUT2D eigenvalue weighted by Crippen LogP contribution is -2.46. The van der Waals surface area contributed by atoms with Crippen molar-refractivity contribution < 1.29 is 10.0 Å². The first-order valence-electron chi connectivity index (χ1n) is 6.81. The summed E-state index contributed by atoms with van der Waals surface area (Å²) in [5.41, 5.74) is 5.59. The Morgan fingerprint density at radius 2 is 1.94 bits per heavy atom. The van der Waals surface area contributed by atoms with E-state index in [1.165, 1.54) is 0 Å². The molecule has 0 aromatic rings. The molecule has 0 aromatic heterocycles. The van der Waals surface area contributed by atoms with Crippen LogP contribution in [0.4, 0.5) is 0 Å². The Balaban J connectivity index is 4.91. The van der Waals surface area contributed by atoms with Gasteiger partial charge in [-0.25, -0.2) is 0 Å². The molecular weight excluding hydrogens is 230 g/mol. The molecule has 0 fully saturated rings. The normalized spacial score (nSPS) is 15.2. The van der Waals surface area contributed by atoms with Crippen LogP contribution in [0.5, 0.6) is 0 Å². The summed E-state index contributed by atoms with van der Waals surface area (Å²) in [7, 11) is 0. The largest absolute Gasteiger partial charge is 0.409 e. The highest BCUT2D eigenvalue weighted by Gasteiger charge is 2.28. The maximum atomic E-state index is 12.4. The summed E-state index contributed by atoms with van der Waals surface area (Å²) in [6, 6.07) is 0.185. The van der Waals surface area contributed by atoms with Crippen LogP contribution >= 0.6 is 0 Å². The molecule has 0 aliphatic rings. The lowest BCUT2D eigenvalue weighted by atomic mass is 10.0. The van der Waals surface area contributed by atoms with E-state index in [-0.39, 0.29) is 17.8 Å². The molecule has 0 radical (unpaired) electrons. The van der Waals surface area contributed by atoms with Crippen LogP contribution in [-0.4, -0.2) is 34.4 Å². The van der Waals surface area contributed by atoms with Crippen molar-refractivity contribution in [2.24, 2.45) is 16.8 Å². The quantitative estimate of drug-likeness (QED) is 0.303.